The van der Waals surface area contributed by atoms with Crippen LogP contribution in [0.15, 0.2) is 34.0 Å². The fraction of sp³-hybridized carbons (Fsp3) is 0.154. The van der Waals surface area contributed by atoms with Gasteiger partial charge in [0.1, 0.15) is 11.4 Å². The van der Waals surface area contributed by atoms with E-state index in [1.165, 1.54) is 26.2 Å². The Hall–Kier alpha value is -2.21. The molecule has 2 rings (SSSR count). The number of rotatable bonds is 2. The van der Waals surface area contributed by atoms with Crippen LogP contribution in [-0.4, -0.2) is 14.9 Å². The van der Waals surface area contributed by atoms with E-state index >= 15 is 0 Å². The second kappa shape index (κ2) is 5.05. The average Bonchev–Trinajstić information content (AvgIpc) is 2.43. The fourth-order valence-electron chi connectivity index (χ4n) is 1.79. The molecule has 1 heterocycles. The molecule has 0 N–H and O–H groups in total. The van der Waals surface area contributed by atoms with E-state index in [-0.39, 0.29) is 16.1 Å². The van der Waals surface area contributed by atoms with Gasteiger partial charge in [-0.15, -0.1) is 0 Å². The van der Waals surface area contributed by atoms with Crippen molar-refractivity contribution >= 4 is 17.4 Å². The average molecular weight is 297 g/mol. The lowest BCUT2D eigenvalue weighted by molar-refractivity contribution is 0.103. The van der Waals surface area contributed by atoms with Crippen LogP contribution in [0.5, 0.6) is 0 Å². The van der Waals surface area contributed by atoms with Crippen molar-refractivity contribution in [2.24, 2.45) is 14.1 Å². The van der Waals surface area contributed by atoms with E-state index in [9.17, 15) is 18.8 Å². The molecule has 7 heteroatoms. The van der Waals surface area contributed by atoms with E-state index in [4.69, 9.17) is 11.6 Å². The number of ketones is 1. The van der Waals surface area contributed by atoms with Crippen LogP contribution in [0.2, 0.25) is 5.02 Å². The zero-order chi connectivity index (χ0) is 15.0. The standard InChI is InChI=1S/C13H10ClFN2O3/c1-16-6-8(12(19)17(2)13(16)20)11(18)7-4-3-5-9(15)10(7)14/h3-6H,1-2H3. The number of hydrogen-bond acceptors (Lipinski definition) is 3. The molecule has 2 aromatic rings. The lowest BCUT2D eigenvalue weighted by Crippen LogP contribution is -2.39. The quantitative estimate of drug-likeness (QED) is 0.780. The molecular formula is C13H10ClFN2O3. The second-order valence-corrected chi connectivity index (χ2v) is 4.61. The third-order valence-electron chi connectivity index (χ3n) is 2.89. The highest BCUT2D eigenvalue weighted by Crippen LogP contribution is 2.21. The Kier molecular flexibility index (Phi) is 3.59. The Bertz CT molecular complexity index is 823. The van der Waals surface area contributed by atoms with Gasteiger partial charge >= 0.3 is 5.69 Å². The van der Waals surface area contributed by atoms with Crippen LogP contribution in [0, 0.1) is 5.82 Å². The largest absolute Gasteiger partial charge is 0.330 e. The number of aromatic nitrogens is 2. The number of carbonyl (C=O) groups is 1. The maximum absolute atomic E-state index is 13.4. The van der Waals surface area contributed by atoms with E-state index in [0.29, 0.717) is 0 Å². The van der Waals surface area contributed by atoms with Crippen molar-refractivity contribution in [2.75, 3.05) is 0 Å². The van der Waals surface area contributed by atoms with Crippen molar-refractivity contribution in [2.45, 2.75) is 0 Å². The molecule has 0 fully saturated rings. The van der Waals surface area contributed by atoms with Gasteiger partial charge in [-0.1, -0.05) is 17.7 Å². The summed E-state index contributed by atoms with van der Waals surface area (Å²) in [6.45, 7) is 0. The fourth-order valence-corrected chi connectivity index (χ4v) is 2.00. The molecule has 5 nitrogen and oxygen atoms in total. The number of hydrogen-bond donors (Lipinski definition) is 0. The van der Waals surface area contributed by atoms with Gasteiger partial charge in [-0.2, -0.15) is 0 Å². The molecule has 0 spiro atoms. The molecular weight excluding hydrogens is 287 g/mol. The Morgan fingerprint density at radius 3 is 2.50 bits per heavy atom. The topological polar surface area (TPSA) is 61.1 Å². The number of aryl methyl sites for hydroxylation is 1. The minimum Gasteiger partial charge on any atom is -0.303 e. The summed E-state index contributed by atoms with van der Waals surface area (Å²) in [6.07, 6.45) is 1.12. The van der Waals surface area contributed by atoms with Crippen LogP contribution in [-0.2, 0) is 14.1 Å². The molecule has 0 aliphatic heterocycles. The third-order valence-corrected chi connectivity index (χ3v) is 3.27. The molecule has 0 aliphatic rings. The lowest BCUT2D eigenvalue weighted by Gasteiger charge is -2.07. The van der Waals surface area contributed by atoms with Crippen LogP contribution in [0.1, 0.15) is 15.9 Å². The second-order valence-electron chi connectivity index (χ2n) is 4.23. The van der Waals surface area contributed by atoms with Crippen LogP contribution in [0.4, 0.5) is 4.39 Å². The van der Waals surface area contributed by atoms with Crippen molar-refractivity contribution in [3.8, 4) is 0 Å². The van der Waals surface area contributed by atoms with E-state index < -0.39 is 22.8 Å². The molecule has 0 unspecified atom stereocenters. The molecule has 1 aromatic carbocycles. The molecule has 104 valence electrons. The molecule has 20 heavy (non-hydrogen) atoms. The first-order chi connectivity index (χ1) is 9.34. The van der Waals surface area contributed by atoms with Crippen LogP contribution < -0.4 is 11.2 Å². The predicted octanol–water partition coefficient (Wildman–Crippen LogP) is 1.11. The van der Waals surface area contributed by atoms with Gasteiger partial charge in [-0.25, -0.2) is 9.18 Å². The summed E-state index contributed by atoms with van der Waals surface area (Å²) >= 11 is 5.73. The van der Waals surface area contributed by atoms with Crippen molar-refractivity contribution in [3.63, 3.8) is 0 Å². The highest BCUT2D eigenvalue weighted by atomic mass is 35.5. The van der Waals surface area contributed by atoms with Gasteiger partial charge < -0.3 is 4.57 Å². The van der Waals surface area contributed by atoms with Gasteiger partial charge in [-0.05, 0) is 12.1 Å². The molecule has 0 amide bonds. The van der Waals surface area contributed by atoms with Crippen LogP contribution in [0.25, 0.3) is 0 Å². The van der Waals surface area contributed by atoms with Gasteiger partial charge in [0.05, 0.1) is 5.02 Å². The summed E-state index contributed by atoms with van der Waals surface area (Å²) in [5, 5.41) is -0.353. The summed E-state index contributed by atoms with van der Waals surface area (Å²) in [7, 11) is 2.67. The Morgan fingerprint density at radius 2 is 1.85 bits per heavy atom. The van der Waals surface area contributed by atoms with Crippen molar-refractivity contribution in [1.82, 2.24) is 9.13 Å². The van der Waals surface area contributed by atoms with Crippen LogP contribution in [0.3, 0.4) is 0 Å². The minimum absolute atomic E-state index is 0.123. The summed E-state index contributed by atoms with van der Waals surface area (Å²) in [4.78, 5) is 35.8. The normalized spacial score (nSPS) is 10.6. The smallest absolute Gasteiger partial charge is 0.303 e. The third kappa shape index (κ3) is 2.18. The summed E-state index contributed by atoms with van der Waals surface area (Å²) in [5.41, 5.74) is -1.68. The van der Waals surface area contributed by atoms with Gasteiger partial charge in [0.2, 0.25) is 5.78 Å². The molecule has 1 aromatic heterocycles. The summed E-state index contributed by atoms with van der Waals surface area (Å²) in [6, 6.07) is 3.75. The van der Waals surface area contributed by atoms with Crippen LogP contribution >= 0.6 is 11.6 Å². The molecule has 0 bridgehead atoms. The Morgan fingerprint density at radius 1 is 1.20 bits per heavy atom. The van der Waals surface area contributed by atoms with Crippen molar-refractivity contribution < 1.29 is 9.18 Å². The van der Waals surface area contributed by atoms with Gasteiger partial charge in [0, 0.05) is 25.9 Å². The first kappa shape index (κ1) is 14.2. The predicted molar refractivity (Wildman–Crippen MR) is 71.8 cm³/mol. The molecule has 0 atom stereocenters. The minimum atomic E-state index is -0.751. The van der Waals surface area contributed by atoms with E-state index in [2.05, 4.69) is 0 Å². The highest BCUT2D eigenvalue weighted by Gasteiger charge is 2.20. The summed E-state index contributed by atoms with van der Waals surface area (Å²) < 4.78 is 15.3. The first-order valence-electron chi connectivity index (χ1n) is 5.60. The van der Waals surface area contributed by atoms with E-state index in [1.807, 2.05) is 0 Å². The molecule has 0 aliphatic carbocycles. The summed E-state index contributed by atoms with van der Waals surface area (Å²) in [5.74, 6) is -1.48. The monoisotopic (exact) mass is 296 g/mol. The molecule has 0 radical (unpaired) electrons. The zero-order valence-corrected chi connectivity index (χ0v) is 11.4. The zero-order valence-electron chi connectivity index (χ0n) is 10.7. The maximum Gasteiger partial charge on any atom is 0.330 e. The first-order valence-corrected chi connectivity index (χ1v) is 5.97. The molecule has 0 saturated heterocycles. The van der Waals surface area contributed by atoms with Crippen molar-refractivity contribution in [1.29, 1.82) is 0 Å². The van der Waals surface area contributed by atoms with E-state index in [1.54, 1.807) is 0 Å². The Balaban J connectivity index is 2.70. The van der Waals surface area contributed by atoms with Gasteiger partial charge in [-0.3, -0.25) is 14.2 Å². The Labute approximate surface area is 117 Å². The van der Waals surface area contributed by atoms with E-state index in [0.717, 1.165) is 21.4 Å². The van der Waals surface area contributed by atoms with Gasteiger partial charge in [0.15, 0.2) is 0 Å². The number of nitrogens with zero attached hydrogens (tertiary/aromatic N) is 2. The highest BCUT2D eigenvalue weighted by molar-refractivity contribution is 6.35. The maximum atomic E-state index is 13.4. The number of benzene rings is 1. The van der Waals surface area contributed by atoms with Crippen molar-refractivity contribution in [3.05, 3.63) is 67.2 Å². The number of halogens is 2. The van der Waals surface area contributed by atoms with Gasteiger partial charge in [0.25, 0.3) is 5.56 Å². The number of carbonyl (C=O) groups excluding carboxylic acids is 1. The molecule has 0 saturated carbocycles. The SMILES string of the molecule is Cn1cc(C(=O)c2cccc(F)c2Cl)c(=O)n(C)c1=O. The lowest BCUT2D eigenvalue weighted by atomic mass is 10.1.